The maximum atomic E-state index is 13.0. The third-order valence-corrected chi connectivity index (χ3v) is 4.70. The Hall–Kier alpha value is -3.99. The second-order valence-electron chi connectivity index (χ2n) is 7.03. The van der Waals surface area contributed by atoms with E-state index in [0.29, 0.717) is 28.3 Å². The number of aryl methyl sites for hydroxylation is 1. The van der Waals surface area contributed by atoms with Gasteiger partial charge in [0.25, 0.3) is 5.91 Å². The van der Waals surface area contributed by atoms with E-state index in [2.05, 4.69) is 10.3 Å². The van der Waals surface area contributed by atoms with E-state index in [1.54, 1.807) is 30.3 Å². The van der Waals surface area contributed by atoms with Gasteiger partial charge in [-0.1, -0.05) is 30.3 Å². The van der Waals surface area contributed by atoms with E-state index in [9.17, 15) is 9.59 Å². The van der Waals surface area contributed by atoms with Crippen molar-refractivity contribution >= 4 is 28.3 Å². The highest BCUT2D eigenvalue weighted by atomic mass is 16.5. The van der Waals surface area contributed by atoms with Crippen LogP contribution in [-0.2, 0) is 0 Å². The van der Waals surface area contributed by atoms with Crippen molar-refractivity contribution in [1.82, 2.24) is 4.98 Å². The number of rotatable bonds is 5. The molecule has 5 nitrogen and oxygen atoms in total. The van der Waals surface area contributed by atoms with E-state index < -0.39 is 0 Å². The van der Waals surface area contributed by atoms with Crippen LogP contribution in [0.15, 0.2) is 78.9 Å². The SMILES string of the molecule is CC(=O)c1ccc(Oc2cc(C(=O)Nc3cccc(C)c3)c3ccccc3n2)cc1. The van der Waals surface area contributed by atoms with Crippen LogP contribution in [0.25, 0.3) is 10.9 Å². The molecule has 0 aliphatic heterocycles. The van der Waals surface area contributed by atoms with Gasteiger partial charge >= 0.3 is 0 Å². The summed E-state index contributed by atoms with van der Waals surface area (Å²) in [6.45, 7) is 3.49. The van der Waals surface area contributed by atoms with Crippen molar-refractivity contribution in [2.45, 2.75) is 13.8 Å². The van der Waals surface area contributed by atoms with Crippen LogP contribution < -0.4 is 10.1 Å². The van der Waals surface area contributed by atoms with Gasteiger partial charge < -0.3 is 10.1 Å². The lowest BCUT2D eigenvalue weighted by Crippen LogP contribution is -2.13. The maximum absolute atomic E-state index is 13.0. The molecule has 0 bridgehead atoms. The molecule has 1 N–H and O–H groups in total. The Morgan fingerprint density at radius 3 is 2.40 bits per heavy atom. The molecule has 0 aliphatic rings. The largest absolute Gasteiger partial charge is 0.439 e. The summed E-state index contributed by atoms with van der Waals surface area (Å²) in [6, 6.07) is 23.5. The summed E-state index contributed by atoms with van der Waals surface area (Å²) in [5.74, 6) is 0.586. The van der Waals surface area contributed by atoms with Crippen LogP contribution in [0.5, 0.6) is 11.6 Å². The maximum Gasteiger partial charge on any atom is 0.256 e. The summed E-state index contributed by atoms with van der Waals surface area (Å²) in [4.78, 5) is 29.0. The van der Waals surface area contributed by atoms with Crippen LogP contribution in [0.2, 0.25) is 0 Å². The first-order chi connectivity index (χ1) is 14.5. The van der Waals surface area contributed by atoms with Crippen molar-refractivity contribution in [1.29, 1.82) is 0 Å². The molecule has 0 atom stereocenters. The number of ether oxygens (including phenoxy) is 1. The molecular formula is C25H20N2O3. The van der Waals surface area contributed by atoms with Gasteiger partial charge in [0.15, 0.2) is 5.78 Å². The molecule has 0 saturated carbocycles. The normalized spacial score (nSPS) is 10.6. The van der Waals surface area contributed by atoms with Crippen molar-refractivity contribution in [3.05, 3.63) is 95.6 Å². The van der Waals surface area contributed by atoms with Gasteiger partial charge in [0.1, 0.15) is 5.75 Å². The van der Waals surface area contributed by atoms with Crippen LogP contribution >= 0.6 is 0 Å². The van der Waals surface area contributed by atoms with Crippen LogP contribution in [0, 0.1) is 6.92 Å². The van der Waals surface area contributed by atoms with Gasteiger partial charge in [0.05, 0.1) is 11.1 Å². The number of para-hydroxylation sites is 1. The number of carbonyl (C=O) groups excluding carboxylic acids is 2. The Labute approximate surface area is 174 Å². The zero-order chi connectivity index (χ0) is 21.1. The molecule has 4 aromatic rings. The van der Waals surface area contributed by atoms with Crippen molar-refractivity contribution in [2.24, 2.45) is 0 Å². The Kier molecular flexibility index (Phi) is 5.26. The minimum Gasteiger partial charge on any atom is -0.439 e. The molecule has 4 rings (SSSR count). The average molecular weight is 396 g/mol. The van der Waals surface area contributed by atoms with Gasteiger partial charge in [-0.15, -0.1) is 0 Å². The minimum atomic E-state index is -0.240. The number of nitrogens with zero attached hydrogens (tertiary/aromatic N) is 1. The lowest BCUT2D eigenvalue weighted by Gasteiger charge is -2.11. The first-order valence-corrected chi connectivity index (χ1v) is 9.56. The van der Waals surface area contributed by atoms with E-state index in [0.717, 1.165) is 16.6 Å². The number of hydrogen-bond acceptors (Lipinski definition) is 4. The fourth-order valence-electron chi connectivity index (χ4n) is 3.19. The van der Waals surface area contributed by atoms with Crippen molar-refractivity contribution in [3.63, 3.8) is 0 Å². The number of hydrogen-bond donors (Lipinski definition) is 1. The van der Waals surface area contributed by atoms with Gasteiger partial charge in [-0.05, 0) is 61.9 Å². The molecule has 30 heavy (non-hydrogen) atoms. The quantitative estimate of drug-likeness (QED) is 0.434. The van der Waals surface area contributed by atoms with Gasteiger partial charge in [-0.25, -0.2) is 4.98 Å². The summed E-state index contributed by atoms with van der Waals surface area (Å²) in [5, 5.41) is 3.68. The zero-order valence-corrected chi connectivity index (χ0v) is 16.7. The fraction of sp³-hybridized carbons (Fsp3) is 0.0800. The highest BCUT2D eigenvalue weighted by molar-refractivity contribution is 6.12. The van der Waals surface area contributed by atoms with Crippen LogP contribution in [0.1, 0.15) is 33.2 Å². The van der Waals surface area contributed by atoms with E-state index >= 15 is 0 Å². The molecular weight excluding hydrogens is 376 g/mol. The van der Waals surface area contributed by atoms with E-state index in [4.69, 9.17) is 4.74 Å². The number of carbonyl (C=O) groups is 2. The molecule has 0 radical (unpaired) electrons. The molecule has 1 aromatic heterocycles. The summed E-state index contributed by atoms with van der Waals surface area (Å²) >= 11 is 0. The molecule has 148 valence electrons. The monoisotopic (exact) mass is 396 g/mol. The summed E-state index contributed by atoms with van der Waals surface area (Å²) in [7, 11) is 0. The Morgan fingerprint density at radius 1 is 0.900 bits per heavy atom. The number of benzene rings is 3. The topological polar surface area (TPSA) is 68.3 Å². The molecule has 3 aromatic carbocycles. The standard InChI is InChI=1S/C25H20N2O3/c1-16-6-5-7-19(14-16)26-25(29)22-15-24(27-23-9-4-3-8-21(22)23)30-20-12-10-18(11-13-20)17(2)28/h3-15H,1-2H3,(H,26,29). The number of aromatic nitrogens is 1. The number of anilines is 1. The van der Waals surface area contributed by atoms with Crippen LogP contribution in [0.4, 0.5) is 5.69 Å². The van der Waals surface area contributed by atoms with Crippen molar-refractivity contribution in [3.8, 4) is 11.6 Å². The molecule has 1 amide bonds. The van der Waals surface area contributed by atoms with Gasteiger partial charge in [0.2, 0.25) is 5.88 Å². The molecule has 0 spiro atoms. The molecule has 0 unspecified atom stereocenters. The first-order valence-electron chi connectivity index (χ1n) is 9.56. The summed E-state index contributed by atoms with van der Waals surface area (Å²) < 4.78 is 5.88. The predicted octanol–water partition coefficient (Wildman–Crippen LogP) is 5.79. The number of pyridine rings is 1. The number of amides is 1. The zero-order valence-electron chi connectivity index (χ0n) is 16.7. The van der Waals surface area contributed by atoms with Crippen LogP contribution in [0.3, 0.4) is 0 Å². The summed E-state index contributed by atoms with van der Waals surface area (Å²) in [5.41, 5.74) is 3.52. The number of nitrogens with one attached hydrogen (secondary N) is 1. The van der Waals surface area contributed by atoms with Crippen molar-refractivity contribution in [2.75, 3.05) is 5.32 Å². The first kappa shape index (κ1) is 19.3. The Bertz CT molecular complexity index is 1250. The third kappa shape index (κ3) is 4.20. The number of ketones is 1. The smallest absolute Gasteiger partial charge is 0.256 e. The average Bonchev–Trinajstić information content (AvgIpc) is 2.73. The Morgan fingerprint density at radius 2 is 1.67 bits per heavy atom. The minimum absolute atomic E-state index is 0.0134. The molecule has 1 heterocycles. The molecule has 0 fully saturated rings. The van der Waals surface area contributed by atoms with Gasteiger partial charge in [-0.3, -0.25) is 9.59 Å². The second kappa shape index (κ2) is 8.17. The molecule has 5 heteroatoms. The van der Waals surface area contributed by atoms with Crippen LogP contribution in [-0.4, -0.2) is 16.7 Å². The van der Waals surface area contributed by atoms with E-state index in [1.165, 1.54) is 6.92 Å². The fourth-order valence-corrected chi connectivity index (χ4v) is 3.19. The second-order valence-corrected chi connectivity index (χ2v) is 7.03. The lowest BCUT2D eigenvalue weighted by atomic mass is 10.1. The highest BCUT2D eigenvalue weighted by Gasteiger charge is 2.15. The van der Waals surface area contributed by atoms with Gasteiger partial charge in [0, 0.05) is 22.7 Å². The third-order valence-electron chi connectivity index (χ3n) is 4.70. The highest BCUT2D eigenvalue weighted by Crippen LogP contribution is 2.27. The number of Topliss-reactive ketones (excluding diaryl/α,β-unsaturated/α-hetero) is 1. The Balaban J connectivity index is 1.68. The lowest BCUT2D eigenvalue weighted by molar-refractivity contribution is 0.101. The molecule has 0 aliphatic carbocycles. The predicted molar refractivity (Wildman–Crippen MR) is 117 cm³/mol. The molecule has 0 saturated heterocycles. The number of fused-ring (bicyclic) bond motifs is 1. The van der Waals surface area contributed by atoms with Crippen molar-refractivity contribution < 1.29 is 14.3 Å². The summed E-state index contributed by atoms with van der Waals surface area (Å²) in [6.07, 6.45) is 0. The van der Waals surface area contributed by atoms with Gasteiger partial charge in [-0.2, -0.15) is 0 Å². The van der Waals surface area contributed by atoms with E-state index in [-0.39, 0.29) is 11.7 Å². The van der Waals surface area contributed by atoms with E-state index in [1.807, 2.05) is 55.5 Å².